The fourth-order valence-electron chi connectivity index (χ4n) is 5.01. The standard InChI is InChI=1S/C26H26ClN3O5/c1-15-23-17(13-20(16-10-11-16)28-24(23)35-29-15)25(33)34-14-22(32)30(2)26(12-6-5-9-21(26)31)18-7-3-4-8-19(18)27/h3-4,7-8,13,16H,5-6,9-12,14H2,1-2H3. The number of rotatable bonds is 6. The Morgan fingerprint density at radius 3 is 2.74 bits per heavy atom. The van der Waals surface area contributed by atoms with E-state index in [1.165, 1.54) is 4.90 Å². The van der Waals surface area contributed by atoms with Crippen LogP contribution in [-0.4, -0.2) is 46.4 Å². The number of ether oxygens (including phenoxy) is 1. The maximum atomic E-state index is 13.3. The Kier molecular flexibility index (Phi) is 6.09. The summed E-state index contributed by atoms with van der Waals surface area (Å²) >= 11 is 6.48. The Labute approximate surface area is 207 Å². The monoisotopic (exact) mass is 495 g/mol. The van der Waals surface area contributed by atoms with Gasteiger partial charge in [0.2, 0.25) is 0 Å². The molecule has 0 aliphatic heterocycles. The van der Waals surface area contributed by atoms with E-state index in [4.69, 9.17) is 20.9 Å². The fraction of sp³-hybridized carbons (Fsp3) is 0.423. The average molecular weight is 496 g/mol. The fourth-order valence-corrected chi connectivity index (χ4v) is 5.30. The lowest BCUT2D eigenvalue weighted by Gasteiger charge is -2.43. The van der Waals surface area contributed by atoms with Crippen molar-refractivity contribution in [2.75, 3.05) is 13.7 Å². The Morgan fingerprint density at radius 2 is 2.03 bits per heavy atom. The van der Waals surface area contributed by atoms with Gasteiger partial charge < -0.3 is 14.2 Å². The first-order valence-corrected chi connectivity index (χ1v) is 12.2. The molecule has 2 heterocycles. The van der Waals surface area contributed by atoms with E-state index in [1.54, 1.807) is 44.3 Å². The zero-order valence-electron chi connectivity index (χ0n) is 19.7. The van der Waals surface area contributed by atoms with Crippen molar-refractivity contribution in [3.05, 3.63) is 57.9 Å². The van der Waals surface area contributed by atoms with Crippen LogP contribution in [0.3, 0.4) is 0 Å². The van der Waals surface area contributed by atoms with E-state index in [1.807, 2.05) is 0 Å². The molecule has 2 fully saturated rings. The van der Waals surface area contributed by atoms with Gasteiger partial charge >= 0.3 is 5.97 Å². The quantitative estimate of drug-likeness (QED) is 0.456. The SMILES string of the molecule is Cc1noc2nc(C3CC3)cc(C(=O)OCC(=O)N(C)C3(c4ccccc4Cl)CCCCC3=O)c12. The van der Waals surface area contributed by atoms with Crippen molar-refractivity contribution in [1.82, 2.24) is 15.0 Å². The van der Waals surface area contributed by atoms with Crippen LogP contribution in [0.15, 0.2) is 34.9 Å². The average Bonchev–Trinajstić information content (AvgIpc) is 3.65. The lowest BCUT2D eigenvalue weighted by molar-refractivity contribution is -0.150. The van der Waals surface area contributed by atoms with E-state index < -0.39 is 24.0 Å². The van der Waals surface area contributed by atoms with Crippen LogP contribution in [0.4, 0.5) is 0 Å². The number of ketones is 1. The zero-order chi connectivity index (χ0) is 24.7. The number of aromatic nitrogens is 2. The van der Waals surface area contributed by atoms with E-state index in [0.29, 0.717) is 34.5 Å². The lowest BCUT2D eigenvalue weighted by Crippen LogP contribution is -2.55. The molecule has 2 aliphatic rings. The highest BCUT2D eigenvalue weighted by atomic mass is 35.5. The molecule has 0 spiro atoms. The number of nitrogens with zero attached hydrogens (tertiary/aromatic N) is 3. The highest BCUT2D eigenvalue weighted by molar-refractivity contribution is 6.31. The normalized spacial score (nSPS) is 20.1. The lowest BCUT2D eigenvalue weighted by atomic mass is 9.74. The molecule has 35 heavy (non-hydrogen) atoms. The van der Waals surface area contributed by atoms with Crippen LogP contribution in [-0.2, 0) is 19.9 Å². The number of hydrogen-bond acceptors (Lipinski definition) is 7. The van der Waals surface area contributed by atoms with Crippen molar-refractivity contribution in [2.24, 2.45) is 0 Å². The van der Waals surface area contributed by atoms with Crippen molar-refractivity contribution >= 4 is 40.4 Å². The second-order valence-corrected chi connectivity index (χ2v) is 9.72. The molecule has 9 heteroatoms. The minimum atomic E-state index is -1.19. The van der Waals surface area contributed by atoms with Crippen LogP contribution >= 0.6 is 11.6 Å². The number of likely N-dealkylation sites (N-methyl/N-ethyl adjacent to an activating group) is 1. The highest BCUT2D eigenvalue weighted by Crippen LogP contribution is 2.43. The van der Waals surface area contributed by atoms with E-state index in [-0.39, 0.29) is 23.0 Å². The third-order valence-corrected chi connectivity index (χ3v) is 7.43. The second-order valence-electron chi connectivity index (χ2n) is 9.32. The summed E-state index contributed by atoms with van der Waals surface area (Å²) in [6.45, 7) is 1.21. The number of carbonyl (C=O) groups is 3. The summed E-state index contributed by atoms with van der Waals surface area (Å²) in [6.07, 6.45) is 4.36. The summed E-state index contributed by atoms with van der Waals surface area (Å²) in [5, 5.41) is 4.84. The van der Waals surface area contributed by atoms with Gasteiger partial charge in [-0.1, -0.05) is 35.0 Å². The van der Waals surface area contributed by atoms with Crippen molar-refractivity contribution in [2.45, 2.75) is 56.9 Å². The minimum absolute atomic E-state index is 0.0657. The second kappa shape index (κ2) is 9.07. The first-order valence-electron chi connectivity index (χ1n) is 11.8. The van der Waals surface area contributed by atoms with Gasteiger partial charge in [-0.3, -0.25) is 9.59 Å². The number of pyridine rings is 1. The van der Waals surface area contributed by atoms with Crippen molar-refractivity contribution in [3.63, 3.8) is 0 Å². The van der Waals surface area contributed by atoms with Gasteiger partial charge in [-0.2, -0.15) is 0 Å². The Bertz CT molecular complexity index is 1330. The Hall–Kier alpha value is -3.26. The highest BCUT2D eigenvalue weighted by Gasteiger charge is 2.48. The molecular formula is C26H26ClN3O5. The predicted molar refractivity (Wildman–Crippen MR) is 128 cm³/mol. The van der Waals surface area contributed by atoms with Gasteiger partial charge in [0, 0.05) is 35.7 Å². The zero-order valence-corrected chi connectivity index (χ0v) is 20.4. The molecule has 3 aromatic rings. The maximum absolute atomic E-state index is 13.3. The third-order valence-electron chi connectivity index (χ3n) is 7.10. The largest absolute Gasteiger partial charge is 0.452 e. The summed E-state index contributed by atoms with van der Waals surface area (Å²) in [5.41, 5.74) is 1.26. The van der Waals surface area contributed by atoms with Crippen molar-refractivity contribution in [1.29, 1.82) is 0 Å². The first-order chi connectivity index (χ1) is 16.8. The number of halogens is 1. The molecule has 1 aromatic carbocycles. The molecule has 2 aliphatic carbocycles. The number of fused-ring (bicyclic) bond motifs is 1. The smallest absolute Gasteiger partial charge is 0.339 e. The molecule has 0 saturated heterocycles. The summed E-state index contributed by atoms with van der Waals surface area (Å²) < 4.78 is 10.8. The molecule has 0 bridgehead atoms. The number of benzene rings is 1. The number of amides is 1. The molecular weight excluding hydrogens is 470 g/mol. The molecule has 1 unspecified atom stereocenters. The maximum Gasteiger partial charge on any atom is 0.339 e. The molecule has 8 nitrogen and oxygen atoms in total. The molecule has 0 radical (unpaired) electrons. The summed E-state index contributed by atoms with van der Waals surface area (Å²) in [7, 11) is 1.57. The van der Waals surface area contributed by atoms with Crippen LogP contribution in [0.5, 0.6) is 0 Å². The van der Waals surface area contributed by atoms with Crippen LogP contribution < -0.4 is 0 Å². The molecule has 182 valence electrons. The molecule has 1 atom stereocenters. The summed E-state index contributed by atoms with van der Waals surface area (Å²) in [6, 6.07) is 8.79. The Morgan fingerprint density at radius 1 is 1.26 bits per heavy atom. The van der Waals surface area contributed by atoms with E-state index in [0.717, 1.165) is 31.4 Å². The van der Waals surface area contributed by atoms with Gasteiger partial charge in [-0.05, 0) is 51.2 Å². The van der Waals surface area contributed by atoms with Crippen LogP contribution in [0.1, 0.15) is 71.8 Å². The molecule has 0 N–H and O–H groups in total. The predicted octanol–water partition coefficient (Wildman–Crippen LogP) is 4.72. The number of aryl methyl sites for hydroxylation is 1. The summed E-state index contributed by atoms with van der Waals surface area (Å²) in [4.78, 5) is 45.5. The van der Waals surface area contributed by atoms with Crippen molar-refractivity contribution < 1.29 is 23.6 Å². The topological polar surface area (TPSA) is 103 Å². The number of Topliss-reactive ketones (excluding diaryl/α,β-unsaturated/α-hetero) is 1. The number of carbonyl (C=O) groups excluding carboxylic acids is 3. The Balaban J connectivity index is 1.40. The van der Waals surface area contributed by atoms with Gasteiger partial charge in [0.1, 0.15) is 5.54 Å². The summed E-state index contributed by atoms with van der Waals surface area (Å²) in [5.74, 6) is -0.918. The van der Waals surface area contributed by atoms with Gasteiger partial charge in [-0.15, -0.1) is 0 Å². The van der Waals surface area contributed by atoms with Crippen LogP contribution in [0, 0.1) is 6.92 Å². The first kappa shape index (κ1) is 23.5. The van der Waals surface area contributed by atoms with Crippen LogP contribution in [0.25, 0.3) is 11.1 Å². The van der Waals surface area contributed by atoms with Crippen LogP contribution in [0.2, 0.25) is 5.02 Å². The van der Waals surface area contributed by atoms with Gasteiger partial charge in [0.15, 0.2) is 12.4 Å². The number of hydrogen-bond donors (Lipinski definition) is 0. The van der Waals surface area contributed by atoms with Gasteiger partial charge in [0.25, 0.3) is 11.6 Å². The van der Waals surface area contributed by atoms with E-state index in [2.05, 4.69) is 10.1 Å². The molecule has 2 saturated carbocycles. The third kappa shape index (κ3) is 4.10. The van der Waals surface area contributed by atoms with Gasteiger partial charge in [-0.25, -0.2) is 9.78 Å². The molecule has 1 amide bonds. The minimum Gasteiger partial charge on any atom is -0.452 e. The molecule has 5 rings (SSSR count). The van der Waals surface area contributed by atoms with Crippen molar-refractivity contribution in [3.8, 4) is 0 Å². The molecule has 2 aromatic heterocycles. The number of esters is 1. The van der Waals surface area contributed by atoms with E-state index >= 15 is 0 Å². The van der Waals surface area contributed by atoms with Gasteiger partial charge in [0.05, 0.1) is 16.6 Å². The van der Waals surface area contributed by atoms with E-state index in [9.17, 15) is 14.4 Å².